The number of rotatable bonds is 10. The van der Waals surface area contributed by atoms with E-state index < -0.39 is 0 Å². The molecule has 1 unspecified atom stereocenters. The molecule has 0 radical (unpaired) electrons. The Morgan fingerprint density at radius 2 is 1.64 bits per heavy atom. The van der Waals surface area contributed by atoms with Crippen LogP contribution < -0.4 is 16.0 Å². The second-order valence-electron chi connectivity index (χ2n) is 8.39. The van der Waals surface area contributed by atoms with Crippen molar-refractivity contribution in [3.63, 3.8) is 0 Å². The lowest BCUT2D eigenvalue weighted by molar-refractivity contribution is 0.177. The molecule has 0 aliphatic heterocycles. The summed E-state index contributed by atoms with van der Waals surface area (Å²) < 4.78 is 6.42. The van der Waals surface area contributed by atoms with Gasteiger partial charge in [-0.2, -0.15) is 0 Å². The molecule has 4 nitrogen and oxygen atoms in total. The SMILES string of the molecule is NC(CCC[C@@H](CCc1ccccc1)Oc1cc2cc[nH]c(=O)c2cc1Cl)c1ccccc1. The Labute approximate surface area is 199 Å². The van der Waals surface area contributed by atoms with Crippen molar-refractivity contribution in [1.29, 1.82) is 0 Å². The molecule has 2 atom stereocenters. The van der Waals surface area contributed by atoms with Gasteiger partial charge in [0.2, 0.25) is 0 Å². The lowest BCUT2D eigenvalue weighted by atomic mass is 9.98. The molecular weight excluding hydrogens is 432 g/mol. The largest absolute Gasteiger partial charge is 0.489 e. The van der Waals surface area contributed by atoms with Gasteiger partial charge in [0.05, 0.1) is 11.1 Å². The zero-order chi connectivity index (χ0) is 23.0. The number of aromatic nitrogens is 1. The Hall–Kier alpha value is -3.08. The van der Waals surface area contributed by atoms with Crippen molar-refractivity contribution >= 4 is 22.4 Å². The van der Waals surface area contributed by atoms with Gasteiger partial charge < -0.3 is 15.5 Å². The van der Waals surface area contributed by atoms with Crippen molar-refractivity contribution in [2.75, 3.05) is 0 Å². The zero-order valence-electron chi connectivity index (χ0n) is 18.5. The van der Waals surface area contributed by atoms with Crippen molar-refractivity contribution in [3.05, 3.63) is 112 Å². The number of aromatic amines is 1. The molecule has 0 bridgehead atoms. The minimum absolute atomic E-state index is 0.00914. The summed E-state index contributed by atoms with van der Waals surface area (Å²) in [4.78, 5) is 14.8. The van der Waals surface area contributed by atoms with Crippen LogP contribution in [0.1, 0.15) is 42.9 Å². The number of halogens is 1. The van der Waals surface area contributed by atoms with E-state index in [4.69, 9.17) is 22.1 Å². The van der Waals surface area contributed by atoms with E-state index in [1.54, 1.807) is 12.3 Å². The van der Waals surface area contributed by atoms with Crippen LogP contribution in [0.2, 0.25) is 5.02 Å². The fourth-order valence-corrected chi connectivity index (χ4v) is 4.33. The fraction of sp³-hybridized carbons (Fsp3) is 0.250. The minimum Gasteiger partial charge on any atom is -0.489 e. The molecule has 0 saturated carbocycles. The predicted octanol–water partition coefficient (Wildman–Crippen LogP) is 6.43. The van der Waals surface area contributed by atoms with Gasteiger partial charge in [-0.15, -0.1) is 0 Å². The molecule has 3 aromatic carbocycles. The summed E-state index contributed by atoms with van der Waals surface area (Å²) in [6.07, 6.45) is 6.12. The highest BCUT2D eigenvalue weighted by Crippen LogP contribution is 2.31. The summed E-state index contributed by atoms with van der Waals surface area (Å²) in [5.41, 5.74) is 8.68. The molecule has 3 N–H and O–H groups in total. The maximum Gasteiger partial charge on any atom is 0.255 e. The molecule has 0 fully saturated rings. The summed E-state index contributed by atoms with van der Waals surface area (Å²) >= 11 is 6.50. The predicted molar refractivity (Wildman–Crippen MR) is 136 cm³/mol. The van der Waals surface area contributed by atoms with Crippen LogP contribution in [0.4, 0.5) is 0 Å². The van der Waals surface area contributed by atoms with Gasteiger partial charge in [0.25, 0.3) is 5.56 Å². The molecule has 5 heteroatoms. The molecule has 4 aromatic rings. The van der Waals surface area contributed by atoms with E-state index in [0.717, 1.165) is 43.1 Å². The van der Waals surface area contributed by atoms with E-state index >= 15 is 0 Å². The quantitative estimate of drug-likeness (QED) is 0.286. The van der Waals surface area contributed by atoms with Gasteiger partial charge in [0.1, 0.15) is 5.75 Å². The molecule has 0 aliphatic rings. The normalized spacial score (nSPS) is 13.0. The monoisotopic (exact) mass is 460 g/mol. The van der Waals surface area contributed by atoms with E-state index in [1.165, 1.54) is 5.56 Å². The molecule has 170 valence electrons. The number of hydrogen-bond donors (Lipinski definition) is 2. The van der Waals surface area contributed by atoms with Crippen LogP contribution in [0.3, 0.4) is 0 Å². The lowest BCUT2D eigenvalue weighted by Gasteiger charge is -2.21. The maximum atomic E-state index is 12.1. The van der Waals surface area contributed by atoms with Crippen LogP contribution in [0.25, 0.3) is 10.8 Å². The zero-order valence-corrected chi connectivity index (χ0v) is 19.3. The number of fused-ring (bicyclic) bond motifs is 1. The van der Waals surface area contributed by atoms with Crippen molar-refractivity contribution < 1.29 is 4.74 Å². The number of hydrogen-bond acceptors (Lipinski definition) is 3. The molecule has 0 amide bonds. The second-order valence-corrected chi connectivity index (χ2v) is 8.80. The molecule has 1 heterocycles. The second kappa shape index (κ2) is 11.2. The van der Waals surface area contributed by atoms with Crippen molar-refractivity contribution in [3.8, 4) is 5.75 Å². The van der Waals surface area contributed by atoms with Gasteiger partial charge in [-0.05, 0) is 66.8 Å². The number of H-pyrrole nitrogens is 1. The third-order valence-corrected chi connectivity index (χ3v) is 6.28. The summed E-state index contributed by atoms with van der Waals surface area (Å²) in [5.74, 6) is 0.611. The number of nitrogens with two attached hydrogens (primary N) is 1. The van der Waals surface area contributed by atoms with Crippen molar-refractivity contribution in [1.82, 2.24) is 4.98 Å². The molecule has 1 aromatic heterocycles. The van der Waals surface area contributed by atoms with Gasteiger partial charge in [0, 0.05) is 17.6 Å². The van der Waals surface area contributed by atoms with Crippen LogP contribution in [0.5, 0.6) is 5.75 Å². The molecule has 0 saturated heterocycles. The Kier molecular flexibility index (Phi) is 7.82. The standard InChI is InChI=1S/C28H29ClN2O2/c29-25-19-24-22(16-17-31-28(24)32)18-27(25)33-23(15-14-20-8-3-1-4-9-20)12-7-13-26(30)21-10-5-2-6-11-21/h1-6,8-11,16-19,23,26H,7,12-15,30H2,(H,31,32)/t23-,26?/m0/s1. The Morgan fingerprint density at radius 1 is 0.909 bits per heavy atom. The van der Waals surface area contributed by atoms with Crippen molar-refractivity contribution in [2.45, 2.75) is 44.2 Å². The third kappa shape index (κ3) is 6.25. The highest BCUT2D eigenvalue weighted by atomic mass is 35.5. The highest BCUT2D eigenvalue weighted by molar-refractivity contribution is 6.32. The first-order chi connectivity index (χ1) is 16.1. The molecule has 0 aliphatic carbocycles. The number of ether oxygens (including phenoxy) is 1. The van der Waals surface area contributed by atoms with Crippen LogP contribution in [0, 0.1) is 0 Å². The molecule has 4 rings (SSSR count). The Morgan fingerprint density at radius 3 is 2.39 bits per heavy atom. The molecule has 0 spiro atoms. The van der Waals surface area contributed by atoms with E-state index in [1.807, 2.05) is 36.4 Å². The average Bonchev–Trinajstić information content (AvgIpc) is 2.84. The number of benzene rings is 3. The van der Waals surface area contributed by atoms with E-state index in [0.29, 0.717) is 16.2 Å². The maximum absolute atomic E-state index is 12.1. The van der Waals surface area contributed by atoms with E-state index in [-0.39, 0.29) is 17.7 Å². The third-order valence-electron chi connectivity index (χ3n) is 5.99. The van der Waals surface area contributed by atoms with Gasteiger partial charge in [0.15, 0.2) is 0 Å². The summed E-state index contributed by atoms with van der Waals surface area (Å²) in [6, 6.07) is 26.0. The molecular formula is C28H29ClN2O2. The van der Waals surface area contributed by atoms with Crippen LogP contribution in [-0.2, 0) is 6.42 Å². The minimum atomic E-state index is -0.156. The highest BCUT2D eigenvalue weighted by Gasteiger charge is 2.16. The average molecular weight is 461 g/mol. The smallest absolute Gasteiger partial charge is 0.255 e. The van der Waals surface area contributed by atoms with Gasteiger partial charge in [-0.3, -0.25) is 4.79 Å². The number of nitrogens with one attached hydrogen (secondary N) is 1. The lowest BCUT2D eigenvalue weighted by Crippen LogP contribution is -2.19. The number of aryl methyl sites for hydroxylation is 1. The first kappa shape index (κ1) is 23.1. The summed E-state index contributed by atoms with van der Waals surface area (Å²) in [5, 5.41) is 1.82. The van der Waals surface area contributed by atoms with Gasteiger partial charge >= 0.3 is 0 Å². The first-order valence-electron chi connectivity index (χ1n) is 11.4. The van der Waals surface area contributed by atoms with E-state index in [2.05, 4.69) is 41.4 Å². The first-order valence-corrected chi connectivity index (χ1v) is 11.8. The van der Waals surface area contributed by atoms with Crippen molar-refractivity contribution in [2.24, 2.45) is 5.73 Å². The van der Waals surface area contributed by atoms with Crippen LogP contribution >= 0.6 is 11.6 Å². The van der Waals surface area contributed by atoms with E-state index in [9.17, 15) is 4.79 Å². The van der Waals surface area contributed by atoms with Crippen LogP contribution in [0.15, 0.2) is 89.9 Å². The van der Waals surface area contributed by atoms with Crippen LogP contribution in [-0.4, -0.2) is 11.1 Å². The van der Waals surface area contributed by atoms with Gasteiger partial charge in [-0.1, -0.05) is 72.3 Å². The Balaban J connectivity index is 1.46. The molecule has 33 heavy (non-hydrogen) atoms. The summed E-state index contributed by atoms with van der Waals surface area (Å²) in [6.45, 7) is 0. The fourth-order valence-electron chi connectivity index (χ4n) is 4.13. The Bertz CT molecular complexity index is 1230. The topological polar surface area (TPSA) is 68.1 Å². The number of pyridine rings is 1. The summed E-state index contributed by atoms with van der Waals surface area (Å²) in [7, 11) is 0. The van der Waals surface area contributed by atoms with Gasteiger partial charge in [-0.25, -0.2) is 0 Å².